The van der Waals surface area contributed by atoms with E-state index in [0.717, 1.165) is 18.5 Å². The molecule has 0 amide bonds. The smallest absolute Gasteiger partial charge is 0.0320 e. The highest BCUT2D eigenvalue weighted by Gasteiger charge is 1.98. The predicted molar refractivity (Wildman–Crippen MR) is 62.8 cm³/mol. The largest absolute Gasteiger partial charge is 0.399 e. The van der Waals surface area contributed by atoms with Gasteiger partial charge in [-0.2, -0.15) is 0 Å². The van der Waals surface area contributed by atoms with Gasteiger partial charge in [0.2, 0.25) is 0 Å². The molecule has 76 valence electrons. The molecule has 0 aliphatic heterocycles. The van der Waals surface area contributed by atoms with Crippen LogP contribution in [0.2, 0.25) is 0 Å². The molecule has 0 aliphatic carbocycles. The first-order valence-electron chi connectivity index (χ1n) is 5.03. The lowest BCUT2D eigenvalue weighted by molar-refractivity contribution is 1.00. The summed E-state index contributed by atoms with van der Waals surface area (Å²) < 4.78 is 0. The number of hydrogen-bond acceptors (Lipinski definition) is 2. The Hall–Kier alpha value is -1.28. The maximum Gasteiger partial charge on any atom is 0.0320 e. The van der Waals surface area contributed by atoms with Gasteiger partial charge in [0.25, 0.3) is 0 Å². The second-order valence-corrected chi connectivity index (χ2v) is 3.29. The van der Waals surface area contributed by atoms with Crippen molar-refractivity contribution < 1.29 is 0 Å². The van der Waals surface area contributed by atoms with Crippen molar-refractivity contribution in [2.75, 3.05) is 12.3 Å². The Labute approximate surface area is 85.6 Å². The van der Waals surface area contributed by atoms with Gasteiger partial charge in [-0.1, -0.05) is 25.1 Å². The molecule has 0 fully saturated rings. The molecule has 4 N–H and O–H groups in total. The van der Waals surface area contributed by atoms with E-state index in [4.69, 9.17) is 11.5 Å². The van der Waals surface area contributed by atoms with Crippen LogP contribution in [0.3, 0.4) is 0 Å². The van der Waals surface area contributed by atoms with Gasteiger partial charge in [0.15, 0.2) is 0 Å². The Balaban J connectivity index is 2.89. The molecule has 0 bridgehead atoms. The molecule has 0 saturated heterocycles. The molecule has 14 heavy (non-hydrogen) atoms. The molecule has 0 saturated carbocycles. The van der Waals surface area contributed by atoms with Crippen LogP contribution in [0.5, 0.6) is 0 Å². The van der Waals surface area contributed by atoms with Crippen LogP contribution in [0, 0.1) is 0 Å². The van der Waals surface area contributed by atoms with Crippen LogP contribution in [0.1, 0.15) is 25.3 Å². The molecule has 0 heterocycles. The minimum Gasteiger partial charge on any atom is -0.399 e. The van der Waals surface area contributed by atoms with E-state index in [-0.39, 0.29) is 0 Å². The van der Waals surface area contributed by atoms with Crippen molar-refractivity contribution in [2.24, 2.45) is 5.73 Å². The Bertz CT molecular complexity index is 316. The van der Waals surface area contributed by atoms with E-state index in [0.29, 0.717) is 6.54 Å². The van der Waals surface area contributed by atoms with Crippen molar-refractivity contribution in [3.63, 3.8) is 0 Å². The SMILES string of the molecule is CCC(=CCCN)c1cccc(N)c1. The topological polar surface area (TPSA) is 52.0 Å². The Morgan fingerprint density at radius 1 is 1.43 bits per heavy atom. The van der Waals surface area contributed by atoms with Crippen molar-refractivity contribution in [1.29, 1.82) is 0 Å². The summed E-state index contributed by atoms with van der Waals surface area (Å²) in [6.07, 6.45) is 4.14. The lowest BCUT2D eigenvalue weighted by Gasteiger charge is -2.05. The van der Waals surface area contributed by atoms with Gasteiger partial charge >= 0.3 is 0 Å². The average Bonchev–Trinajstić information content (AvgIpc) is 2.19. The van der Waals surface area contributed by atoms with E-state index in [1.54, 1.807) is 0 Å². The summed E-state index contributed by atoms with van der Waals surface area (Å²) in [5, 5.41) is 0. The maximum absolute atomic E-state index is 5.73. The highest BCUT2D eigenvalue weighted by molar-refractivity contribution is 5.67. The summed E-state index contributed by atoms with van der Waals surface area (Å²) in [7, 11) is 0. The third kappa shape index (κ3) is 2.89. The molecule has 1 rings (SSSR count). The molecule has 0 radical (unpaired) electrons. The molecule has 1 aromatic carbocycles. The van der Waals surface area contributed by atoms with Crippen LogP contribution in [-0.4, -0.2) is 6.54 Å². The number of nitrogens with two attached hydrogens (primary N) is 2. The molecule has 0 unspecified atom stereocenters. The molecular weight excluding hydrogens is 172 g/mol. The molecule has 0 atom stereocenters. The predicted octanol–water partition coefficient (Wildman–Crippen LogP) is 2.41. The first-order chi connectivity index (χ1) is 6.77. The molecule has 0 spiro atoms. The van der Waals surface area contributed by atoms with Crippen molar-refractivity contribution in [3.8, 4) is 0 Å². The number of allylic oxidation sites excluding steroid dienone is 1. The number of benzene rings is 1. The Morgan fingerprint density at radius 3 is 2.79 bits per heavy atom. The van der Waals surface area contributed by atoms with Gasteiger partial charge in [0.1, 0.15) is 0 Å². The normalized spacial score (nSPS) is 11.7. The first-order valence-corrected chi connectivity index (χ1v) is 5.03. The van der Waals surface area contributed by atoms with Crippen molar-refractivity contribution in [3.05, 3.63) is 35.9 Å². The van der Waals surface area contributed by atoms with Gasteiger partial charge in [-0.25, -0.2) is 0 Å². The Kier molecular flexibility index (Phi) is 4.20. The quantitative estimate of drug-likeness (QED) is 0.716. The number of hydrogen-bond donors (Lipinski definition) is 2. The van der Waals surface area contributed by atoms with E-state index in [2.05, 4.69) is 19.1 Å². The zero-order valence-electron chi connectivity index (χ0n) is 8.66. The van der Waals surface area contributed by atoms with E-state index in [1.807, 2.05) is 18.2 Å². The lowest BCUT2D eigenvalue weighted by Crippen LogP contribution is -1.96. The van der Waals surface area contributed by atoms with Crippen LogP contribution < -0.4 is 11.5 Å². The van der Waals surface area contributed by atoms with Crippen molar-refractivity contribution in [1.82, 2.24) is 0 Å². The fourth-order valence-electron chi connectivity index (χ4n) is 1.46. The third-order valence-corrected chi connectivity index (χ3v) is 2.20. The van der Waals surface area contributed by atoms with Crippen LogP contribution in [0.25, 0.3) is 5.57 Å². The standard InChI is InChI=1S/C12H18N2/c1-2-10(6-4-8-13)11-5-3-7-12(14)9-11/h3,5-7,9H,2,4,8,13-14H2,1H3. The van der Waals surface area contributed by atoms with E-state index >= 15 is 0 Å². The molecule has 2 nitrogen and oxygen atoms in total. The minimum atomic E-state index is 0.700. The highest BCUT2D eigenvalue weighted by atomic mass is 14.5. The molecule has 2 heteroatoms. The summed E-state index contributed by atoms with van der Waals surface area (Å²) in [5.74, 6) is 0. The van der Waals surface area contributed by atoms with Crippen LogP contribution >= 0.6 is 0 Å². The second-order valence-electron chi connectivity index (χ2n) is 3.29. The maximum atomic E-state index is 5.73. The zero-order chi connectivity index (χ0) is 10.4. The van der Waals surface area contributed by atoms with Gasteiger partial charge in [-0.05, 0) is 42.7 Å². The summed E-state index contributed by atoms with van der Waals surface area (Å²) in [4.78, 5) is 0. The van der Waals surface area contributed by atoms with Gasteiger partial charge in [-0.3, -0.25) is 0 Å². The Morgan fingerprint density at radius 2 is 2.21 bits per heavy atom. The molecule has 0 aromatic heterocycles. The first kappa shape index (κ1) is 10.8. The minimum absolute atomic E-state index is 0.700. The summed E-state index contributed by atoms with van der Waals surface area (Å²) in [6, 6.07) is 7.98. The lowest BCUT2D eigenvalue weighted by atomic mass is 10.0. The molecule has 0 aliphatic rings. The third-order valence-electron chi connectivity index (χ3n) is 2.20. The van der Waals surface area contributed by atoms with Gasteiger partial charge < -0.3 is 11.5 Å². The van der Waals surface area contributed by atoms with Crippen LogP contribution in [0.4, 0.5) is 5.69 Å². The van der Waals surface area contributed by atoms with Crippen molar-refractivity contribution >= 4 is 11.3 Å². The van der Waals surface area contributed by atoms with E-state index in [9.17, 15) is 0 Å². The van der Waals surface area contributed by atoms with E-state index in [1.165, 1.54) is 11.1 Å². The van der Waals surface area contributed by atoms with Gasteiger partial charge in [0, 0.05) is 5.69 Å². The second kappa shape index (κ2) is 5.45. The van der Waals surface area contributed by atoms with Gasteiger partial charge in [-0.15, -0.1) is 0 Å². The number of anilines is 1. The van der Waals surface area contributed by atoms with Crippen LogP contribution in [-0.2, 0) is 0 Å². The van der Waals surface area contributed by atoms with E-state index < -0.39 is 0 Å². The monoisotopic (exact) mass is 190 g/mol. The van der Waals surface area contributed by atoms with Crippen molar-refractivity contribution in [2.45, 2.75) is 19.8 Å². The van der Waals surface area contributed by atoms with Crippen LogP contribution in [0.15, 0.2) is 30.3 Å². The number of nitrogen functional groups attached to an aromatic ring is 1. The molecular formula is C12H18N2. The zero-order valence-corrected chi connectivity index (χ0v) is 8.66. The summed E-state index contributed by atoms with van der Waals surface area (Å²) in [5.41, 5.74) is 14.5. The fourth-order valence-corrected chi connectivity index (χ4v) is 1.46. The fraction of sp³-hybridized carbons (Fsp3) is 0.333. The summed E-state index contributed by atoms with van der Waals surface area (Å²) in [6.45, 7) is 2.84. The average molecular weight is 190 g/mol. The highest BCUT2D eigenvalue weighted by Crippen LogP contribution is 2.20. The van der Waals surface area contributed by atoms with Gasteiger partial charge in [0.05, 0.1) is 0 Å². The number of rotatable bonds is 4. The summed E-state index contributed by atoms with van der Waals surface area (Å²) >= 11 is 0. The molecule has 1 aromatic rings.